The minimum absolute atomic E-state index is 0.462. The van der Waals surface area contributed by atoms with Gasteiger partial charge in [0, 0.05) is 10.6 Å². The number of thioether (sulfide) groups is 1. The van der Waals surface area contributed by atoms with Gasteiger partial charge in [-0.1, -0.05) is 30.3 Å². The number of ether oxygens (including phenoxy) is 1. The fraction of sp³-hybridized carbons (Fsp3) is 0.250. The van der Waals surface area contributed by atoms with Crippen molar-refractivity contribution in [2.75, 3.05) is 12.9 Å². The highest BCUT2D eigenvalue weighted by atomic mass is 32.2. The van der Waals surface area contributed by atoms with Crippen LogP contribution in [0.4, 0.5) is 0 Å². The first-order chi connectivity index (χ1) is 9.20. The van der Waals surface area contributed by atoms with Crippen LogP contribution in [-0.2, 0) is 0 Å². The zero-order valence-corrected chi connectivity index (χ0v) is 12.0. The third-order valence-electron chi connectivity index (χ3n) is 2.99. The molecule has 3 heteroatoms. The highest BCUT2D eigenvalue weighted by Gasteiger charge is 2.09. The second kappa shape index (κ2) is 6.64. The molecule has 2 aromatic rings. The molecule has 0 aliphatic heterocycles. The number of hydrogen-bond donors (Lipinski definition) is 1. The van der Waals surface area contributed by atoms with E-state index < -0.39 is 6.10 Å². The second-order valence-corrected chi connectivity index (χ2v) is 5.43. The summed E-state index contributed by atoms with van der Waals surface area (Å²) < 4.78 is 5.11. The van der Waals surface area contributed by atoms with Crippen molar-refractivity contribution >= 4 is 11.8 Å². The SMILES string of the molecule is COc1ccc(C(O)CSc2ccccc2C)cc1. The van der Waals surface area contributed by atoms with Gasteiger partial charge in [0.15, 0.2) is 0 Å². The lowest BCUT2D eigenvalue weighted by atomic mass is 10.1. The summed E-state index contributed by atoms with van der Waals surface area (Å²) in [5.41, 5.74) is 2.16. The Morgan fingerprint density at radius 3 is 2.42 bits per heavy atom. The minimum atomic E-state index is -0.462. The van der Waals surface area contributed by atoms with Crippen molar-refractivity contribution in [3.63, 3.8) is 0 Å². The lowest BCUT2D eigenvalue weighted by Crippen LogP contribution is -2.00. The molecule has 2 rings (SSSR count). The molecule has 1 atom stereocenters. The molecule has 2 aromatic carbocycles. The maximum absolute atomic E-state index is 10.2. The highest BCUT2D eigenvalue weighted by molar-refractivity contribution is 7.99. The average molecular weight is 274 g/mol. The Bertz CT molecular complexity index is 523. The van der Waals surface area contributed by atoms with Crippen molar-refractivity contribution in [2.45, 2.75) is 17.9 Å². The van der Waals surface area contributed by atoms with Crippen LogP contribution in [0.25, 0.3) is 0 Å². The summed E-state index contributed by atoms with van der Waals surface area (Å²) in [7, 11) is 1.64. The maximum atomic E-state index is 10.2. The standard InChI is InChI=1S/C16H18O2S/c1-12-5-3-4-6-16(12)19-11-15(17)13-7-9-14(18-2)10-8-13/h3-10,15,17H,11H2,1-2H3. The van der Waals surface area contributed by atoms with Crippen molar-refractivity contribution in [3.8, 4) is 5.75 Å². The molecule has 1 N–H and O–H groups in total. The van der Waals surface area contributed by atoms with E-state index in [1.807, 2.05) is 36.4 Å². The summed E-state index contributed by atoms with van der Waals surface area (Å²) in [5, 5.41) is 10.2. The summed E-state index contributed by atoms with van der Waals surface area (Å²) >= 11 is 1.68. The van der Waals surface area contributed by atoms with Crippen molar-refractivity contribution in [1.82, 2.24) is 0 Å². The van der Waals surface area contributed by atoms with Crippen molar-refractivity contribution in [3.05, 3.63) is 59.7 Å². The van der Waals surface area contributed by atoms with E-state index in [4.69, 9.17) is 4.74 Å². The number of methoxy groups -OCH3 is 1. The van der Waals surface area contributed by atoms with Crippen molar-refractivity contribution in [2.24, 2.45) is 0 Å². The molecule has 0 bridgehead atoms. The molecule has 100 valence electrons. The van der Waals surface area contributed by atoms with Crippen LogP contribution in [0.15, 0.2) is 53.4 Å². The van der Waals surface area contributed by atoms with Gasteiger partial charge >= 0.3 is 0 Å². The molecule has 0 fully saturated rings. The Labute approximate surface area is 118 Å². The smallest absolute Gasteiger partial charge is 0.118 e. The van der Waals surface area contributed by atoms with E-state index in [9.17, 15) is 5.11 Å². The molecule has 0 radical (unpaired) electrons. The van der Waals surface area contributed by atoms with Gasteiger partial charge in [-0.05, 0) is 36.2 Å². The number of aliphatic hydroxyl groups excluding tert-OH is 1. The fourth-order valence-corrected chi connectivity index (χ4v) is 2.81. The monoisotopic (exact) mass is 274 g/mol. The maximum Gasteiger partial charge on any atom is 0.118 e. The molecule has 0 aliphatic rings. The molecule has 0 saturated carbocycles. The van der Waals surface area contributed by atoms with Gasteiger partial charge < -0.3 is 9.84 Å². The van der Waals surface area contributed by atoms with Crippen LogP contribution in [-0.4, -0.2) is 18.0 Å². The van der Waals surface area contributed by atoms with Crippen LogP contribution in [0.1, 0.15) is 17.2 Å². The zero-order valence-electron chi connectivity index (χ0n) is 11.2. The third-order valence-corrected chi connectivity index (χ3v) is 4.24. The average Bonchev–Trinajstić information content (AvgIpc) is 2.46. The molecule has 2 nitrogen and oxygen atoms in total. The predicted octanol–water partition coefficient (Wildman–Crippen LogP) is 3.83. The van der Waals surface area contributed by atoms with Crippen LogP contribution in [0.2, 0.25) is 0 Å². The molecule has 0 heterocycles. The molecule has 0 spiro atoms. The van der Waals surface area contributed by atoms with E-state index in [1.54, 1.807) is 18.9 Å². The summed E-state index contributed by atoms with van der Waals surface area (Å²) in [6, 6.07) is 15.8. The highest BCUT2D eigenvalue weighted by Crippen LogP contribution is 2.27. The minimum Gasteiger partial charge on any atom is -0.497 e. The van der Waals surface area contributed by atoms with E-state index in [1.165, 1.54) is 10.5 Å². The van der Waals surface area contributed by atoms with Gasteiger partial charge in [0.05, 0.1) is 13.2 Å². The van der Waals surface area contributed by atoms with Crippen LogP contribution < -0.4 is 4.74 Å². The van der Waals surface area contributed by atoms with Crippen molar-refractivity contribution in [1.29, 1.82) is 0 Å². The zero-order chi connectivity index (χ0) is 13.7. The Hall–Kier alpha value is -1.45. The number of aryl methyl sites for hydroxylation is 1. The first kappa shape index (κ1) is 14.0. The Morgan fingerprint density at radius 2 is 1.79 bits per heavy atom. The molecule has 0 saturated heterocycles. The van der Waals surface area contributed by atoms with Gasteiger partial charge in [0.25, 0.3) is 0 Å². The summed E-state index contributed by atoms with van der Waals surface area (Å²) in [6.07, 6.45) is -0.462. The van der Waals surface area contributed by atoms with Crippen molar-refractivity contribution < 1.29 is 9.84 Å². The third kappa shape index (κ3) is 3.75. The molecular formula is C16H18O2S. The Kier molecular flexibility index (Phi) is 4.88. The number of hydrogen-bond acceptors (Lipinski definition) is 3. The lowest BCUT2D eigenvalue weighted by molar-refractivity contribution is 0.204. The summed E-state index contributed by atoms with van der Waals surface area (Å²) in [4.78, 5) is 1.22. The van der Waals surface area contributed by atoms with Crippen LogP contribution >= 0.6 is 11.8 Å². The predicted molar refractivity (Wildman–Crippen MR) is 79.9 cm³/mol. The molecule has 0 amide bonds. The topological polar surface area (TPSA) is 29.5 Å². The van der Waals surface area contributed by atoms with E-state index >= 15 is 0 Å². The van der Waals surface area contributed by atoms with E-state index in [-0.39, 0.29) is 0 Å². The van der Waals surface area contributed by atoms with E-state index in [0.717, 1.165) is 11.3 Å². The Morgan fingerprint density at radius 1 is 1.11 bits per heavy atom. The van der Waals surface area contributed by atoms with Gasteiger partial charge in [0.1, 0.15) is 5.75 Å². The molecular weight excluding hydrogens is 256 g/mol. The quantitative estimate of drug-likeness (QED) is 0.840. The van der Waals surface area contributed by atoms with Gasteiger partial charge in [-0.25, -0.2) is 0 Å². The number of rotatable bonds is 5. The van der Waals surface area contributed by atoms with Gasteiger partial charge in [0.2, 0.25) is 0 Å². The molecule has 0 aromatic heterocycles. The molecule has 0 aliphatic carbocycles. The fourth-order valence-electron chi connectivity index (χ4n) is 1.81. The first-order valence-electron chi connectivity index (χ1n) is 6.21. The summed E-state index contributed by atoms with van der Waals surface area (Å²) in [6.45, 7) is 2.09. The first-order valence-corrected chi connectivity index (χ1v) is 7.19. The van der Waals surface area contributed by atoms with E-state index in [2.05, 4.69) is 19.1 Å². The van der Waals surface area contributed by atoms with Gasteiger partial charge in [-0.2, -0.15) is 0 Å². The molecule has 19 heavy (non-hydrogen) atoms. The number of aliphatic hydroxyl groups is 1. The normalized spacial score (nSPS) is 12.2. The van der Waals surface area contributed by atoms with Crippen LogP contribution in [0.3, 0.4) is 0 Å². The lowest BCUT2D eigenvalue weighted by Gasteiger charge is -2.12. The van der Waals surface area contributed by atoms with Crippen LogP contribution in [0.5, 0.6) is 5.75 Å². The van der Waals surface area contributed by atoms with E-state index in [0.29, 0.717) is 5.75 Å². The largest absolute Gasteiger partial charge is 0.497 e. The molecule has 1 unspecified atom stereocenters. The van der Waals surface area contributed by atoms with Gasteiger partial charge in [-0.15, -0.1) is 11.8 Å². The summed E-state index contributed by atoms with van der Waals surface area (Å²) in [5.74, 6) is 1.46. The Balaban J connectivity index is 1.97. The number of benzene rings is 2. The van der Waals surface area contributed by atoms with Crippen LogP contribution in [0, 0.1) is 6.92 Å². The van der Waals surface area contributed by atoms with Gasteiger partial charge in [-0.3, -0.25) is 0 Å². The second-order valence-electron chi connectivity index (χ2n) is 4.37.